The number of piperidine rings is 1. The molecule has 0 aliphatic carbocycles. The van der Waals surface area contributed by atoms with Gasteiger partial charge >= 0.3 is 0 Å². The molecule has 10 heteroatoms. The zero-order valence-corrected chi connectivity index (χ0v) is 22.0. The van der Waals surface area contributed by atoms with Gasteiger partial charge in [-0.3, -0.25) is 19.2 Å². The van der Waals surface area contributed by atoms with Crippen molar-refractivity contribution in [3.63, 3.8) is 0 Å². The van der Waals surface area contributed by atoms with Gasteiger partial charge in [0.1, 0.15) is 5.69 Å². The molecule has 9 nitrogen and oxygen atoms in total. The largest absolute Gasteiger partial charge is 0.493 e. The van der Waals surface area contributed by atoms with Crippen LogP contribution in [0.4, 0.5) is 5.69 Å². The highest BCUT2D eigenvalue weighted by atomic mass is 79.9. The maximum Gasteiger partial charge on any atom is 0.271 e. The van der Waals surface area contributed by atoms with E-state index in [-0.39, 0.29) is 24.5 Å². The van der Waals surface area contributed by atoms with Crippen LogP contribution in [-0.2, 0) is 11.3 Å². The fraction of sp³-hybridized carbons (Fsp3) is 0.346. The molecule has 1 aliphatic rings. The van der Waals surface area contributed by atoms with Gasteiger partial charge in [0.2, 0.25) is 0 Å². The molecule has 2 amide bonds. The van der Waals surface area contributed by atoms with Gasteiger partial charge in [0.15, 0.2) is 18.1 Å². The van der Waals surface area contributed by atoms with Gasteiger partial charge in [0.05, 0.1) is 13.2 Å². The quantitative estimate of drug-likeness (QED) is 0.416. The molecule has 1 atom stereocenters. The minimum atomic E-state index is -0.249. The highest BCUT2D eigenvalue weighted by Crippen LogP contribution is 2.30. The lowest BCUT2D eigenvalue weighted by molar-refractivity contribution is -0.118. The molecule has 4 rings (SSSR count). The third-order valence-corrected chi connectivity index (χ3v) is 6.57. The summed E-state index contributed by atoms with van der Waals surface area (Å²) in [5, 5.41) is 9.88. The highest BCUT2D eigenvalue weighted by Gasteiger charge is 2.23. The summed E-state index contributed by atoms with van der Waals surface area (Å²) in [6.07, 6.45) is 3.94. The molecule has 1 saturated heterocycles. The minimum Gasteiger partial charge on any atom is -0.493 e. The molecule has 2 aromatic carbocycles. The zero-order chi connectivity index (χ0) is 25.5. The smallest absolute Gasteiger partial charge is 0.271 e. The molecule has 0 bridgehead atoms. The third kappa shape index (κ3) is 6.64. The summed E-state index contributed by atoms with van der Waals surface area (Å²) in [5.41, 5.74) is 2.22. The van der Waals surface area contributed by atoms with Crippen molar-refractivity contribution in [3.05, 3.63) is 70.5 Å². The summed E-state index contributed by atoms with van der Waals surface area (Å²) in [5.74, 6) is 0.671. The molecule has 0 radical (unpaired) electrons. The number of hydrogen-bond donors (Lipinski definition) is 2. The number of aromatic nitrogens is 2. The van der Waals surface area contributed by atoms with Crippen LogP contribution in [0.15, 0.2) is 59.2 Å². The first-order valence-electron chi connectivity index (χ1n) is 11.8. The number of carbonyl (C=O) groups is 2. The number of hydrogen-bond acceptors (Lipinski definition) is 6. The SMILES string of the molecule is CNC(=O)c1ccn(C2CCCN(Cc3ccc(OCC(=O)Nc4ccc(Br)cc4)c(OC)c3)C2)n1. The molecule has 0 saturated carbocycles. The zero-order valence-electron chi connectivity index (χ0n) is 20.4. The van der Waals surface area contributed by atoms with Crippen LogP contribution in [-0.4, -0.2) is 60.3 Å². The Hall–Kier alpha value is -3.37. The molecule has 1 fully saturated rings. The normalized spacial score (nSPS) is 15.8. The lowest BCUT2D eigenvalue weighted by atomic mass is 10.0. The van der Waals surface area contributed by atoms with Gasteiger partial charge in [-0.1, -0.05) is 22.0 Å². The summed E-state index contributed by atoms with van der Waals surface area (Å²) in [6, 6.07) is 15.1. The van der Waals surface area contributed by atoms with E-state index in [1.165, 1.54) is 0 Å². The summed E-state index contributed by atoms with van der Waals surface area (Å²) in [4.78, 5) is 26.5. The van der Waals surface area contributed by atoms with Crippen LogP contribution in [0, 0.1) is 0 Å². The van der Waals surface area contributed by atoms with Crippen molar-refractivity contribution in [3.8, 4) is 11.5 Å². The number of rotatable bonds is 9. The van der Waals surface area contributed by atoms with Crippen LogP contribution in [0.5, 0.6) is 11.5 Å². The van der Waals surface area contributed by atoms with Crippen molar-refractivity contribution in [2.75, 3.05) is 39.2 Å². The number of halogens is 1. The molecule has 1 unspecified atom stereocenters. The Morgan fingerprint density at radius 2 is 1.94 bits per heavy atom. The van der Waals surface area contributed by atoms with Gasteiger partial charge < -0.3 is 20.1 Å². The van der Waals surface area contributed by atoms with Gasteiger partial charge in [-0.25, -0.2) is 0 Å². The topological polar surface area (TPSA) is 97.7 Å². The molecular formula is C26H30BrN5O4. The number of anilines is 1. The molecule has 190 valence electrons. The van der Waals surface area contributed by atoms with E-state index in [4.69, 9.17) is 9.47 Å². The number of nitrogens with zero attached hydrogens (tertiary/aromatic N) is 3. The minimum absolute atomic E-state index is 0.124. The lowest BCUT2D eigenvalue weighted by Crippen LogP contribution is -2.36. The first-order valence-corrected chi connectivity index (χ1v) is 12.6. The second kappa shape index (κ2) is 12.0. The van der Waals surface area contributed by atoms with E-state index in [0.717, 1.165) is 42.5 Å². The summed E-state index contributed by atoms with van der Waals surface area (Å²) in [6.45, 7) is 2.45. The number of nitrogens with one attached hydrogen (secondary N) is 2. The highest BCUT2D eigenvalue weighted by molar-refractivity contribution is 9.10. The third-order valence-electron chi connectivity index (χ3n) is 6.04. The van der Waals surface area contributed by atoms with Crippen LogP contribution < -0.4 is 20.1 Å². The van der Waals surface area contributed by atoms with E-state index < -0.39 is 0 Å². The molecule has 0 spiro atoms. The number of methoxy groups -OCH3 is 1. The molecule has 2 heterocycles. The van der Waals surface area contributed by atoms with Crippen LogP contribution in [0.2, 0.25) is 0 Å². The molecule has 1 aliphatic heterocycles. The maximum absolute atomic E-state index is 12.3. The Morgan fingerprint density at radius 1 is 1.14 bits per heavy atom. The van der Waals surface area contributed by atoms with Crippen molar-refractivity contribution < 1.29 is 19.1 Å². The molecule has 3 aromatic rings. The molecule has 36 heavy (non-hydrogen) atoms. The Balaban J connectivity index is 1.33. The van der Waals surface area contributed by atoms with Gasteiger partial charge in [-0.15, -0.1) is 0 Å². The second-order valence-corrected chi connectivity index (χ2v) is 9.54. The van der Waals surface area contributed by atoms with Crippen molar-refractivity contribution in [1.82, 2.24) is 20.0 Å². The Kier molecular flexibility index (Phi) is 8.61. The van der Waals surface area contributed by atoms with Gasteiger partial charge in [-0.05, 0) is 67.4 Å². The number of likely N-dealkylation sites (tertiary alicyclic amines) is 1. The Labute approximate surface area is 218 Å². The van der Waals surface area contributed by atoms with Crippen LogP contribution in [0.1, 0.15) is 34.9 Å². The molecule has 1 aromatic heterocycles. The second-order valence-electron chi connectivity index (χ2n) is 8.62. The first-order chi connectivity index (χ1) is 17.4. The summed E-state index contributed by atoms with van der Waals surface area (Å²) < 4.78 is 14.1. The fourth-order valence-corrected chi connectivity index (χ4v) is 4.51. The van der Waals surface area contributed by atoms with Crippen molar-refractivity contribution in [1.29, 1.82) is 0 Å². The number of ether oxygens (including phenoxy) is 2. The van der Waals surface area contributed by atoms with Crippen LogP contribution in [0.25, 0.3) is 0 Å². The van der Waals surface area contributed by atoms with E-state index in [1.807, 2.05) is 53.3 Å². The number of benzene rings is 2. The van der Waals surface area contributed by atoms with E-state index in [1.54, 1.807) is 20.2 Å². The summed E-state index contributed by atoms with van der Waals surface area (Å²) >= 11 is 3.38. The average Bonchev–Trinajstić information content (AvgIpc) is 3.39. The number of carbonyl (C=O) groups excluding carboxylic acids is 2. The fourth-order valence-electron chi connectivity index (χ4n) is 4.24. The van der Waals surface area contributed by atoms with Crippen molar-refractivity contribution in [2.24, 2.45) is 0 Å². The lowest BCUT2D eigenvalue weighted by Gasteiger charge is -2.33. The standard InChI is InChI=1S/C26H30BrN5O4/c1-28-26(34)22-11-13-32(30-22)21-4-3-12-31(16-21)15-18-5-10-23(24(14-18)35-2)36-17-25(33)29-20-8-6-19(27)7-9-20/h5-11,13-14,21H,3-4,12,15-17H2,1-2H3,(H,28,34)(H,29,33). The monoisotopic (exact) mass is 555 g/mol. The van der Waals surface area contributed by atoms with E-state index in [0.29, 0.717) is 22.9 Å². The van der Waals surface area contributed by atoms with Gasteiger partial charge in [0, 0.05) is 36.5 Å². The van der Waals surface area contributed by atoms with Gasteiger partial charge in [0.25, 0.3) is 11.8 Å². The van der Waals surface area contributed by atoms with Crippen molar-refractivity contribution >= 4 is 33.4 Å². The molecular weight excluding hydrogens is 526 g/mol. The first kappa shape index (κ1) is 25.7. The van der Waals surface area contributed by atoms with Gasteiger partial charge in [-0.2, -0.15) is 5.10 Å². The van der Waals surface area contributed by atoms with E-state index in [9.17, 15) is 9.59 Å². The van der Waals surface area contributed by atoms with Crippen LogP contribution >= 0.6 is 15.9 Å². The maximum atomic E-state index is 12.3. The van der Waals surface area contributed by atoms with E-state index >= 15 is 0 Å². The number of amides is 2. The predicted molar refractivity (Wildman–Crippen MR) is 140 cm³/mol. The predicted octanol–water partition coefficient (Wildman–Crippen LogP) is 3.87. The summed E-state index contributed by atoms with van der Waals surface area (Å²) in [7, 11) is 3.19. The Bertz CT molecular complexity index is 1200. The molecule has 2 N–H and O–H groups in total. The van der Waals surface area contributed by atoms with E-state index in [2.05, 4.69) is 36.6 Å². The van der Waals surface area contributed by atoms with Crippen molar-refractivity contribution in [2.45, 2.75) is 25.4 Å². The average molecular weight is 556 g/mol. The van der Waals surface area contributed by atoms with Crippen LogP contribution in [0.3, 0.4) is 0 Å². The Morgan fingerprint density at radius 3 is 2.69 bits per heavy atom.